The van der Waals surface area contributed by atoms with Gasteiger partial charge >= 0.3 is 5.97 Å². The first kappa shape index (κ1) is 15.8. The molecule has 4 nitrogen and oxygen atoms in total. The van der Waals surface area contributed by atoms with Crippen molar-refractivity contribution in [3.05, 3.63) is 29.3 Å². The zero-order valence-electron chi connectivity index (χ0n) is 13.1. The highest BCUT2D eigenvalue weighted by Crippen LogP contribution is 2.25. The standard InChI is InChI=1S/C17H24O4/c1-12-7-8-13(2)16(11-12)20-10-9-17(18)21-15-6-4-5-14(15)19-3/h7-8,11,14-15H,4-6,9-10H2,1-3H3/t14-,15-/m1/s1. The maximum absolute atomic E-state index is 11.8. The molecule has 2 atom stereocenters. The molecule has 0 saturated heterocycles. The van der Waals surface area contributed by atoms with E-state index >= 15 is 0 Å². The molecule has 1 aromatic carbocycles. The average Bonchev–Trinajstić information content (AvgIpc) is 2.89. The van der Waals surface area contributed by atoms with Crippen molar-refractivity contribution in [2.45, 2.75) is 51.7 Å². The molecule has 2 rings (SSSR count). The fourth-order valence-corrected chi connectivity index (χ4v) is 2.63. The second kappa shape index (κ2) is 7.46. The number of methoxy groups -OCH3 is 1. The van der Waals surface area contributed by atoms with Gasteiger partial charge in [0.2, 0.25) is 0 Å². The van der Waals surface area contributed by atoms with Gasteiger partial charge in [0.05, 0.1) is 19.1 Å². The number of hydrogen-bond donors (Lipinski definition) is 0. The fraction of sp³-hybridized carbons (Fsp3) is 0.588. The van der Waals surface area contributed by atoms with Gasteiger partial charge in [0.25, 0.3) is 0 Å². The van der Waals surface area contributed by atoms with Crippen LogP contribution in [0.4, 0.5) is 0 Å². The van der Waals surface area contributed by atoms with Gasteiger partial charge in [-0.15, -0.1) is 0 Å². The molecular weight excluding hydrogens is 268 g/mol. The minimum Gasteiger partial charge on any atom is -0.493 e. The van der Waals surface area contributed by atoms with E-state index in [0.717, 1.165) is 36.1 Å². The molecule has 0 bridgehead atoms. The number of carbonyl (C=O) groups excluding carboxylic acids is 1. The summed E-state index contributed by atoms with van der Waals surface area (Å²) in [5, 5.41) is 0. The lowest BCUT2D eigenvalue weighted by Crippen LogP contribution is -2.28. The lowest BCUT2D eigenvalue weighted by atomic mass is 10.1. The van der Waals surface area contributed by atoms with Gasteiger partial charge in [-0.3, -0.25) is 4.79 Å². The van der Waals surface area contributed by atoms with Crippen LogP contribution in [0.3, 0.4) is 0 Å². The molecular formula is C17H24O4. The summed E-state index contributed by atoms with van der Waals surface area (Å²) in [5.74, 6) is 0.618. The highest BCUT2D eigenvalue weighted by Gasteiger charge is 2.30. The Morgan fingerprint density at radius 2 is 2.00 bits per heavy atom. The van der Waals surface area contributed by atoms with E-state index in [1.165, 1.54) is 0 Å². The van der Waals surface area contributed by atoms with Gasteiger partial charge in [0.1, 0.15) is 11.9 Å². The molecule has 1 aliphatic carbocycles. The van der Waals surface area contributed by atoms with E-state index in [4.69, 9.17) is 14.2 Å². The normalized spacial score (nSPS) is 21.3. The molecule has 0 aliphatic heterocycles. The topological polar surface area (TPSA) is 44.8 Å². The zero-order valence-corrected chi connectivity index (χ0v) is 13.1. The smallest absolute Gasteiger partial charge is 0.309 e. The van der Waals surface area contributed by atoms with Crippen LogP contribution in [0, 0.1) is 13.8 Å². The summed E-state index contributed by atoms with van der Waals surface area (Å²) in [5.41, 5.74) is 2.22. The summed E-state index contributed by atoms with van der Waals surface area (Å²) in [6.07, 6.45) is 3.13. The molecule has 0 spiro atoms. The van der Waals surface area contributed by atoms with Gasteiger partial charge in [-0.2, -0.15) is 0 Å². The Hall–Kier alpha value is -1.55. The Kier molecular flexibility index (Phi) is 5.62. The van der Waals surface area contributed by atoms with Crippen molar-refractivity contribution in [1.29, 1.82) is 0 Å². The van der Waals surface area contributed by atoms with Crippen LogP contribution in [0.5, 0.6) is 5.75 Å². The first-order valence-electron chi connectivity index (χ1n) is 7.52. The van der Waals surface area contributed by atoms with Crippen LogP contribution in [0.15, 0.2) is 18.2 Å². The quantitative estimate of drug-likeness (QED) is 0.755. The van der Waals surface area contributed by atoms with Crippen molar-refractivity contribution in [2.24, 2.45) is 0 Å². The summed E-state index contributed by atoms with van der Waals surface area (Å²) >= 11 is 0. The molecule has 1 aliphatic rings. The molecule has 1 aromatic rings. The lowest BCUT2D eigenvalue weighted by Gasteiger charge is -2.18. The third-order valence-electron chi connectivity index (χ3n) is 3.88. The van der Waals surface area contributed by atoms with Gasteiger partial charge in [0, 0.05) is 7.11 Å². The molecule has 0 unspecified atom stereocenters. The van der Waals surface area contributed by atoms with Gasteiger partial charge in [-0.1, -0.05) is 12.1 Å². The molecule has 1 saturated carbocycles. The summed E-state index contributed by atoms with van der Waals surface area (Å²) in [6.45, 7) is 4.36. The van der Waals surface area contributed by atoms with E-state index < -0.39 is 0 Å². The van der Waals surface area contributed by atoms with Crippen LogP contribution in [0.1, 0.15) is 36.8 Å². The Morgan fingerprint density at radius 1 is 1.24 bits per heavy atom. The van der Waals surface area contributed by atoms with Crippen molar-refractivity contribution in [2.75, 3.05) is 13.7 Å². The highest BCUT2D eigenvalue weighted by molar-refractivity contribution is 5.69. The van der Waals surface area contributed by atoms with E-state index in [2.05, 4.69) is 0 Å². The predicted molar refractivity (Wildman–Crippen MR) is 80.6 cm³/mol. The Labute approximate surface area is 126 Å². The third kappa shape index (κ3) is 4.46. The van der Waals surface area contributed by atoms with Gasteiger partial charge < -0.3 is 14.2 Å². The molecule has 1 fully saturated rings. The van der Waals surface area contributed by atoms with Crippen LogP contribution in [-0.2, 0) is 14.3 Å². The van der Waals surface area contributed by atoms with Crippen LogP contribution in [0.2, 0.25) is 0 Å². The molecule has 0 N–H and O–H groups in total. The van der Waals surface area contributed by atoms with Crippen LogP contribution in [-0.4, -0.2) is 31.9 Å². The monoisotopic (exact) mass is 292 g/mol. The molecule has 116 valence electrons. The van der Waals surface area contributed by atoms with E-state index in [0.29, 0.717) is 6.61 Å². The summed E-state index contributed by atoms with van der Waals surface area (Å²) < 4.78 is 16.5. The van der Waals surface area contributed by atoms with Gasteiger partial charge in [-0.25, -0.2) is 0 Å². The molecule has 0 radical (unpaired) electrons. The second-order valence-corrected chi connectivity index (χ2v) is 5.60. The Balaban J connectivity index is 1.75. The lowest BCUT2D eigenvalue weighted by molar-refractivity contribution is -0.154. The van der Waals surface area contributed by atoms with Crippen LogP contribution in [0.25, 0.3) is 0 Å². The maximum Gasteiger partial charge on any atom is 0.309 e. The predicted octanol–water partition coefficient (Wildman–Crippen LogP) is 3.18. The van der Waals surface area contributed by atoms with Gasteiger partial charge in [0.15, 0.2) is 0 Å². The van der Waals surface area contributed by atoms with Crippen molar-refractivity contribution >= 4 is 5.97 Å². The number of hydrogen-bond acceptors (Lipinski definition) is 4. The minimum absolute atomic E-state index is 0.0499. The average molecular weight is 292 g/mol. The van der Waals surface area contributed by atoms with Crippen molar-refractivity contribution in [1.82, 2.24) is 0 Å². The molecule has 4 heteroatoms. The summed E-state index contributed by atoms with van der Waals surface area (Å²) in [6, 6.07) is 6.05. The number of rotatable bonds is 6. The largest absolute Gasteiger partial charge is 0.493 e. The maximum atomic E-state index is 11.8. The third-order valence-corrected chi connectivity index (χ3v) is 3.88. The Bertz CT molecular complexity index is 484. The summed E-state index contributed by atoms with van der Waals surface area (Å²) in [7, 11) is 1.67. The number of esters is 1. The van der Waals surface area contributed by atoms with E-state index in [1.54, 1.807) is 7.11 Å². The number of benzene rings is 1. The molecule has 0 heterocycles. The molecule has 21 heavy (non-hydrogen) atoms. The Morgan fingerprint density at radius 3 is 2.76 bits per heavy atom. The van der Waals surface area contributed by atoms with Crippen molar-refractivity contribution in [3.8, 4) is 5.75 Å². The van der Waals surface area contributed by atoms with Crippen molar-refractivity contribution in [3.63, 3.8) is 0 Å². The fourth-order valence-electron chi connectivity index (χ4n) is 2.63. The summed E-state index contributed by atoms with van der Waals surface area (Å²) in [4.78, 5) is 11.8. The van der Waals surface area contributed by atoms with E-state index in [-0.39, 0.29) is 24.6 Å². The second-order valence-electron chi connectivity index (χ2n) is 5.60. The van der Waals surface area contributed by atoms with E-state index in [1.807, 2.05) is 32.0 Å². The highest BCUT2D eigenvalue weighted by atomic mass is 16.6. The zero-order chi connectivity index (χ0) is 15.2. The minimum atomic E-state index is -0.214. The molecule has 0 amide bonds. The van der Waals surface area contributed by atoms with Crippen molar-refractivity contribution < 1.29 is 19.0 Å². The van der Waals surface area contributed by atoms with Crippen LogP contribution < -0.4 is 4.74 Å². The first-order valence-corrected chi connectivity index (χ1v) is 7.52. The van der Waals surface area contributed by atoms with E-state index in [9.17, 15) is 4.79 Å². The number of ether oxygens (including phenoxy) is 3. The first-order chi connectivity index (χ1) is 10.1. The van der Waals surface area contributed by atoms with Gasteiger partial charge in [-0.05, 0) is 50.3 Å². The number of aryl methyl sites for hydroxylation is 2. The van der Waals surface area contributed by atoms with Crippen LogP contribution >= 0.6 is 0 Å². The molecule has 0 aromatic heterocycles. The SMILES string of the molecule is CO[C@@H]1CCC[C@H]1OC(=O)CCOc1cc(C)ccc1C. The number of carbonyl (C=O) groups is 1.